The first kappa shape index (κ1) is 15.6. The molecule has 0 amide bonds. The first-order valence-electron chi connectivity index (χ1n) is 6.87. The molecule has 0 fully saturated rings. The number of hydrogen-bond donors (Lipinski definition) is 1. The van der Waals surface area contributed by atoms with Crippen molar-refractivity contribution in [3.63, 3.8) is 0 Å². The number of amidine groups is 1. The fourth-order valence-corrected chi connectivity index (χ4v) is 2.87. The lowest BCUT2D eigenvalue weighted by Gasteiger charge is -2.08. The van der Waals surface area contributed by atoms with E-state index >= 15 is 0 Å². The van der Waals surface area contributed by atoms with E-state index in [1.165, 1.54) is 23.4 Å². The van der Waals surface area contributed by atoms with Gasteiger partial charge in [-0.05, 0) is 56.5 Å². The molecule has 1 aromatic carbocycles. The Balaban J connectivity index is 2.39. The maximum Gasteiger partial charge on any atom is 0.336 e. The molecule has 2 N–H and O–H groups in total. The minimum atomic E-state index is -0.333. The zero-order valence-electron chi connectivity index (χ0n) is 12.8. The Labute approximate surface area is 128 Å². The number of aryl methyl sites for hydroxylation is 2. The Morgan fingerprint density at radius 1 is 1.29 bits per heavy atom. The molecule has 1 aromatic heterocycles. The van der Waals surface area contributed by atoms with E-state index in [1.54, 1.807) is 0 Å². The SMILES string of the molecule is Cc1cc2oc(=O)cc(CSC(N)=NC(C)C)c2cc1C. The summed E-state index contributed by atoms with van der Waals surface area (Å²) < 4.78 is 5.28. The molecule has 0 atom stereocenters. The number of thioether (sulfide) groups is 1. The van der Waals surface area contributed by atoms with E-state index in [-0.39, 0.29) is 11.7 Å². The van der Waals surface area contributed by atoms with E-state index in [2.05, 4.69) is 11.1 Å². The van der Waals surface area contributed by atoms with Crippen LogP contribution in [0.3, 0.4) is 0 Å². The van der Waals surface area contributed by atoms with Gasteiger partial charge in [0, 0.05) is 23.2 Å². The summed E-state index contributed by atoms with van der Waals surface area (Å²) in [5.74, 6) is 0.604. The van der Waals surface area contributed by atoms with Crippen LogP contribution in [0, 0.1) is 13.8 Å². The molecule has 2 rings (SSSR count). The molecule has 112 valence electrons. The Morgan fingerprint density at radius 2 is 1.95 bits per heavy atom. The highest BCUT2D eigenvalue weighted by molar-refractivity contribution is 8.13. The molecule has 0 radical (unpaired) electrons. The van der Waals surface area contributed by atoms with Gasteiger partial charge in [-0.2, -0.15) is 0 Å². The predicted molar refractivity (Wildman–Crippen MR) is 90.0 cm³/mol. The molecule has 2 aromatic rings. The van der Waals surface area contributed by atoms with E-state index in [1.807, 2.05) is 33.8 Å². The fraction of sp³-hybridized carbons (Fsp3) is 0.375. The van der Waals surface area contributed by atoms with Crippen LogP contribution in [-0.2, 0) is 5.75 Å². The number of hydrogen-bond acceptors (Lipinski definition) is 4. The third-order valence-corrected chi connectivity index (χ3v) is 4.06. The second-order valence-electron chi connectivity index (χ2n) is 5.37. The Kier molecular flexibility index (Phi) is 4.73. The van der Waals surface area contributed by atoms with Gasteiger partial charge >= 0.3 is 5.63 Å². The van der Waals surface area contributed by atoms with E-state index < -0.39 is 0 Å². The molecule has 21 heavy (non-hydrogen) atoms. The highest BCUT2D eigenvalue weighted by atomic mass is 32.2. The Morgan fingerprint density at radius 3 is 2.62 bits per heavy atom. The number of nitrogens with two attached hydrogens (primary N) is 1. The van der Waals surface area contributed by atoms with Crippen molar-refractivity contribution in [1.82, 2.24) is 0 Å². The summed E-state index contributed by atoms with van der Waals surface area (Å²) in [4.78, 5) is 16.0. The van der Waals surface area contributed by atoms with Crippen LogP contribution >= 0.6 is 11.8 Å². The van der Waals surface area contributed by atoms with Crippen molar-refractivity contribution in [2.24, 2.45) is 10.7 Å². The van der Waals surface area contributed by atoms with Crippen LogP contribution in [0.2, 0.25) is 0 Å². The van der Waals surface area contributed by atoms with Gasteiger partial charge in [0.2, 0.25) is 0 Å². The standard InChI is InChI=1S/C16H20N2O2S/c1-9(2)18-16(17)21-8-12-7-15(19)20-14-6-11(4)10(3)5-13(12)14/h5-7,9H,8H2,1-4H3,(H2,17,18). The summed E-state index contributed by atoms with van der Waals surface area (Å²) >= 11 is 1.44. The topological polar surface area (TPSA) is 68.6 Å². The van der Waals surface area contributed by atoms with E-state index in [9.17, 15) is 4.79 Å². The van der Waals surface area contributed by atoms with Gasteiger partial charge in [-0.15, -0.1) is 0 Å². The van der Waals surface area contributed by atoms with Crippen LogP contribution in [0.4, 0.5) is 0 Å². The number of fused-ring (bicyclic) bond motifs is 1. The molecule has 0 spiro atoms. The Bertz CT molecular complexity index is 748. The van der Waals surface area contributed by atoms with E-state index in [0.29, 0.717) is 16.5 Å². The molecular weight excluding hydrogens is 284 g/mol. The molecule has 0 bridgehead atoms. The highest BCUT2D eigenvalue weighted by Gasteiger charge is 2.09. The van der Waals surface area contributed by atoms with Crippen LogP contribution in [0.5, 0.6) is 0 Å². The van der Waals surface area contributed by atoms with Crippen molar-refractivity contribution in [2.75, 3.05) is 0 Å². The van der Waals surface area contributed by atoms with Crippen LogP contribution in [0.1, 0.15) is 30.5 Å². The maximum absolute atomic E-state index is 11.7. The monoisotopic (exact) mass is 304 g/mol. The summed E-state index contributed by atoms with van der Waals surface area (Å²) in [7, 11) is 0. The highest BCUT2D eigenvalue weighted by Crippen LogP contribution is 2.24. The van der Waals surface area contributed by atoms with Crippen molar-refractivity contribution < 1.29 is 4.42 Å². The summed E-state index contributed by atoms with van der Waals surface area (Å²) in [6.07, 6.45) is 0. The van der Waals surface area contributed by atoms with Crippen molar-refractivity contribution in [3.8, 4) is 0 Å². The van der Waals surface area contributed by atoms with Crippen molar-refractivity contribution in [1.29, 1.82) is 0 Å². The predicted octanol–water partition coefficient (Wildman–Crippen LogP) is 3.37. The van der Waals surface area contributed by atoms with Crippen molar-refractivity contribution >= 4 is 27.9 Å². The van der Waals surface area contributed by atoms with Gasteiger partial charge in [-0.1, -0.05) is 11.8 Å². The summed E-state index contributed by atoms with van der Waals surface area (Å²) in [5.41, 5.74) is 9.37. The minimum absolute atomic E-state index is 0.167. The number of benzene rings is 1. The van der Waals surface area contributed by atoms with Crippen molar-refractivity contribution in [2.45, 2.75) is 39.5 Å². The molecule has 0 saturated heterocycles. The lowest BCUT2D eigenvalue weighted by molar-refractivity contribution is 0.559. The molecule has 0 unspecified atom stereocenters. The van der Waals surface area contributed by atoms with Gasteiger partial charge in [0.1, 0.15) is 5.58 Å². The first-order valence-corrected chi connectivity index (χ1v) is 7.85. The van der Waals surface area contributed by atoms with Gasteiger partial charge in [0.15, 0.2) is 5.17 Å². The summed E-state index contributed by atoms with van der Waals surface area (Å²) in [5, 5.41) is 1.50. The molecular formula is C16H20N2O2S. The quantitative estimate of drug-likeness (QED) is 0.536. The molecule has 5 heteroatoms. The normalized spacial score (nSPS) is 12.3. The van der Waals surface area contributed by atoms with Crippen LogP contribution in [-0.4, -0.2) is 11.2 Å². The second kappa shape index (κ2) is 6.35. The fourth-order valence-electron chi connectivity index (χ4n) is 2.05. The lowest BCUT2D eigenvalue weighted by atomic mass is 10.0. The minimum Gasteiger partial charge on any atom is -0.423 e. The van der Waals surface area contributed by atoms with E-state index in [4.69, 9.17) is 10.2 Å². The van der Waals surface area contributed by atoms with Gasteiger partial charge in [0.25, 0.3) is 0 Å². The summed E-state index contributed by atoms with van der Waals surface area (Å²) in [6, 6.07) is 5.66. The maximum atomic E-state index is 11.7. The van der Waals surface area contributed by atoms with Crippen molar-refractivity contribution in [3.05, 3.63) is 45.3 Å². The second-order valence-corrected chi connectivity index (χ2v) is 6.37. The zero-order valence-corrected chi connectivity index (χ0v) is 13.6. The summed E-state index contributed by atoms with van der Waals surface area (Å²) in [6.45, 7) is 8.01. The van der Waals surface area contributed by atoms with Gasteiger partial charge in [-0.3, -0.25) is 4.99 Å². The number of rotatable bonds is 3. The largest absolute Gasteiger partial charge is 0.423 e. The lowest BCUT2D eigenvalue weighted by Crippen LogP contribution is -2.10. The first-order chi connectivity index (χ1) is 9.86. The molecule has 0 saturated carbocycles. The number of aliphatic imine (C=N–C) groups is 1. The van der Waals surface area contributed by atoms with Gasteiger partial charge in [0.05, 0.1) is 0 Å². The molecule has 0 aliphatic heterocycles. The Hall–Kier alpha value is -1.75. The van der Waals surface area contributed by atoms with Crippen LogP contribution in [0.15, 0.2) is 32.4 Å². The van der Waals surface area contributed by atoms with Gasteiger partial charge in [-0.25, -0.2) is 4.79 Å². The molecule has 1 heterocycles. The molecule has 0 aliphatic rings. The van der Waals surface area contributed by atoms with Gasteiger partial charge < -0.3 is 10.2 Å². The number of nitrogens with zero attached hydrogens (tertiary/aromatic N) is 1. The van der Waals surface area contributed by atoms with Crippen LogP contribution < -0.4 is 11.4 Å². The zero-order chi connectivity index (χ0) is 15.6. The molecule has 4 nitrogen and oxygen atoms in total. The van der Waals surface area contributed by atoms with E-state index in [0.717, 1.165) is 16.5 Å². The third-order valence-electron chi connectivity index (χ3n) is 3.21. The third kappa shape index (κ3) is 3.88. The van der Waals surface area contributed by atoms with Crippen LogP contribution in [0.25, 0.3) is 11.0 Å². The average Bonchev–Trinajstić information content (AvgIpc) is 2.37. The molecule has 0 aliphatic carbocycles. The smallest absolute Gasteiger partial charge is 0.336 e. The average molecular weight is 304 g/mol.